The van der Waals surface area contributed by atoms with E-state index in [1.807, 2.05) is 10.9 Å². The first-order valence-electron chi connectivity index (χ1n) is 6.19. The van der Waals surface area contributed by atoms with E-state index in [4.69, 9.17) is 0 Å². The van der Waals surface area contributed by atoms with E-state index in [1.165, 1.54) is 0 Å². The number of carbonyl (C=O) groups excluding carboxylic acids is 1. The normalized spacial score (nSPS) is 15.2. The van der Waals surface area contributed by atoms with Gasteiger partial charge in [0.25, 0.3) is 0 Å². The van der Waals surface area contributed by atoms with Crippen LogP contribution in [0.3, 0.4) is 0 Å². The molecule has 0 aromatic carbocycles. The molecule has 110 valence electrons. The van der Waals surface area contributed by atoms with E-state index >= 15 is 0 Å². The SMILES string of the molecule is Cl.Cl.O=C(CC1CCNCC1)NCCc1cscn1. The van der Waals surface area contributed by atoms with Gasteiger partial charge in [0, 0.05) is 24.8 Å². The van der Waals surface area contributed by atoms with E-state index in [-0.39, 0.29) is 30.7 Å². The number of halogens is 2. The van der Waals surface area contributed by atoms with Crippen LogP contribution in [0.1, 0.15) is 25.0 Å². The lowest BCUT2D eigenvalue weighted by Crippen LogP contribution is -2.33. The first-order valence-corrected chi connectivity index (χ1v) is 7.13. The van der Waals surface area contributed by atoms with Crippen molar-refractivity contribution in [1.82, 2.24) is 15.6 Å². The third-order valence-electron chi connectivity index (χ3n) is 3.12. The van der Waals surface area contributed by atoms with Crippen LogP contribution in [-0.2, 0) is 11.2 Å². The molecule has 19 heavy (non-hydrogen) atoms. The molecule has 7 heteroatoms. The van der Waals surface area contributed by atoms with Gasteiger partial charge in [0.15, 0.2) is 0 Å². The zero-order chi connectivity index (χ0) is 11.9. The first-order chi connectivity index (χ1) is 8.34. The minimum absolute atomic E-state index is 0. The molecule has 0 atom stereocenters. The maximum Gasteiger partial charge on any atom is 0.220 e. The Hall–Kier alpha value is -0.360. The Bertz CT molecular complexity index is 343. The van der Waals surface area contributed by atoms with Gasteiger partial charge in [-0.2, -0.15) is 0 Å². The predicted octanol–water partition coefficient (Wildman–Crippen LogP) is 2.04. The molecular weight excluding hydrogens is 305 g/mol. The molecule has 0 bridgehead atoms. The Morgan fingerprint density at radius 2 is 2.16 bits per heavy atom. The summed E-state index contributed by atoms with van der Waals surface area (Å²) in [6.45, 7) is 2.81. The summed E-state index contributed by atoms with van der Waals surface area (Å²) in [5.74, 6) is 0.752. The minimum atomic E-state index is 0. The van der Waals surface area contributed by atoms with Crippen molar-refractivity contribution < 1.29 is 4.79 Å². The van der Waals surface area contributed by atoms with Gasteiger partial charge in [-0.05, 0) is 31.8 Å². The quantitative estimate of drug-likeness (QED) is 0.871. The van der Waals surface area contributed by atoms with Crippen molar-refractivity contribution in [2.75, 3.05) is 19.6 Å². The highest BCUT2D eigenvalue weighted by atomic mass is 35.5. The average Bonchev–Trinajstić information content (AvgIpc) is 2.83. The summed E-state index contributed by atoms with van der Waals surface area (Å²) < 4.78 is 0. The molecule has 4 nitrogen and oxygen atoms in total. The monoisotopic (exact) mass is 325 g/mol. The molecule has 1 aromatic heterocycles. The number of aromatic nitrogens is 1. The highest BCUT2D eigenvalue weighted by molar-refractivity contribution is 7.07. The average molecular weight is 326 g/mol. The summed E-state index contributed by atoms with van der Waals surface area (Å²) >= 11 is 1.60. The molecule has 1 aromatic rings. The van der Waals surface area contributed by atoms with Gasteiger partial charge in [0.05, 0.1) is 11.2 Å². The number of carbonyl (C=O) groups is 1. The number of thiazole rings is 1. The number of amides is 1. The molecule has 0 unspecified atom stereocenters. The number of rotatable bonds is 5. The highest BCUT2D eigenvalue weighted by Gasteiger charge is 2.16. The molecule has 0 saturated carbocycles. The number of hydrogen-bond donors (Lipinski definition) is 2. The van der Waals surface area contributed by atoms with Crippen LogP contribution in [0.4, 0.5) is 0 Å². The first kappa shape index (κ1) is 18.6. The fourth-order valence-electron chi connectivity index (χ4n) is 2.11. The molecule has 1 fully saturated rings. The summed E-state index contributed by atoms with van der Waals surface area (Å²) in [4.78, 5) is 15.9. The molecule has 2 N–H and O–H groups in total. The summed E-state index contributed by atoms with van der Waals surface area (Å²) in [5.41, 5.74) is 2.89. The van der Waals surface area contributed by atoms with Crippen molar-refractivity contribution in [3.8, 4) is 0 Å². The van der Waals surface area contributed by atoms with Crippen molar-refractivity contribution in [2.45, 2.75) is 25.7 Å². The third kappa shape index (κ3) is 7.11. The molecule has 0 spiro atoms. The van der Waals surface area contributed by atoms with E-state index in [1.54, 1.807) is 11.3 Å². The number of nitrogens with one attached hydrogen (secondary N) is 2. The smallest absolute Gasteiger partial charge is 0.220 e. The molecule has 2 rings (SSSR count). The van der Waals surface area contributed by atoms with E-state index in [9.17, 15) is 4.79 Å². The molecule has 1 saturated heterocycles. The van der Waals surface area contributed by atoms with Gasteiger partial charge in [-0.1, -0.05) is 0 Å². The zero-order valence-electron chi connectivity index (χ0n) is 10.8. The van der Waals surface area contributed by atoms with Gasteiger partial charge in [-0.3, -0.25) is 4.79 Å². The second-order valence-corrected chi connectivity index (χ2v) is 5.20. The Kier molecular flexibility index (Phi) is 10.2. The standard InChI is InChI=1S/C12H19N3OS.2ClH/c16-12(7-10-1-4-13-5-2-10)14-6-3-11-8-17-9-15-11;;/h8-10,13H,1-7H2,(H,14,16);2*1H. The number of nitrogens with zero attached hydrogens (tertiary/aromatic N) is 1. The molecule has 1 aliphatic heterocycles. The van der Waals surface area contributed by atoms with Crippen LogP contribution in [0.5, 0.6) is 0 Å². The Morgan fingerprint density at radius 3 is 2.79 bits per heavy atom. The lowest BCUT2D eigenvalue weighted by molar-refractivity contribution is -0.122. The van der Waals surface area contributed by atoms with Crippen molar-refractivity contribution in [3.63, 3.8) is 0 Å². The Labute approximate surface area is 130 Å². The second kappa shape index (κ2) is 10.4. The van der Waals surface area contributed by atoms with Gasteiger partial charge in [0.2, 0.25) is 5.91 Å². The fourth-order valence-corrected chi connectivity index (χ4v) is 2.70. The Morgan fingerprint density at radius 1 is 1.42 bits per heavy atom. The van der Waals surface area contributed by atoms with E-state index < -0.39 is 0 Å². The van der Waals surface area contributed by atoms with Gasteiger partial charge < -0.3 is 10.6 Å². The largest absolute Gasteiger partial charge is 0.356 e. The topological polar surface area (TPSA) is 54.0 Å². The third-order valence-corrected chi connectivity index (χ3v) is 3.75. The zero-order valence-corrected chi connectivity index (χ0v) is 13.2. The summed E-state index contributed by atoms with van der Waals surface area (Å²) in [6, 6.07) is 0. The van der Waals surface area contributed by atoms with Crippen molar-refractivity contribution in [2.24, 2.45) is 5.92 Å². The van der Waals surface area contributed by atoms with Crippen LogP contribution >= 0.6 is 36.2 Å². The molecule has 1 amide bonds. The van der Waals surface area contributed by atoms with Gasteiger partial charge in [-0.25, -0.2) is 4.98 Å². The number of piperidine rings is 1. The van der Waals surface area contributed by atoms with Crippen LogP contribution in [0, 0.1) is 5.92 Å². The fraction of sp³-hybridized carbons (Fsp3) is 0.667. The minimum Gasteiger partial charge on any atom is -0.356 e. The van der Waals surface area contributed by atoms with Gasteiger partial charge >= 0.3 is 0 Å². The molecule has 0 radical (unpaired) electrons. The van der Waals surface area contributed by atoms with Crippen LogP contribution in [0.2, 0.25) is 0 Å². The predicted molar refractivity (Wildman–Crippen MR) is 83.5 cm³/mol. The number of hydrogen-bond acceptors (Lipinski definition) is 4. The second-order valence-electron chi connectivity index (χ2n) is 4.48. The highest BCUT2D eigenvalue weighted by Crippen LogP contribution is 2.15. The van der Waals surface area contributed by atoms with E-state index in [0.29, 0.717) is 18.9 Å². The summed E-state index contributed by atoms with van der Waals surface area (Å²) in [6.07, 6.45) is 3.76. The van der Waals surface area contributed by atoms with Crippen molar-refractivity contribution in [1.29, 1.82) is 0 Å². The molecular formula is C12H21Cl2N3OS. The van der Waals surface area contributed by atoms with Crippen LogP contribution in [0.25, 0.3) is 0 Å². The summed E-state index contributed by atoms with van der Waals surface area (Å²) in [7, 11) is 0. The molecule has 1 aliphatic rings. The van der Waals surface area contributed by atoms with Crippen molar-refractivity contribution in [3.05, 3.63) is 16.6 Å². The molecule has 2 heterocycles. The Balaban J connectivity index is 0.00000162. The van der Waals surface area contributed by atoms with Crippen LogP contribution in [0.15, 0.2) is 10.9 Å². The summed E-state index contributed by atoms with van der Waals surface area (Å²) in [5, 5.41) is 8.31. The maximum absolute atomic E-state index is 11.7. The van der Waals surface area contributed by atoms with E-state index in [2.05, 4.69) is 15.6 Å². The van der Waals surface area contributed by atoms with Crippen molar-refractivity contribution >= 4 is 42.1 Å². The lowest BCUT2D eigenvalue weighted by Gasteiger charge is -2.21. The van der Waals surface area contributed by atoms with Crippen LogP contribution < -0.4 is 10.6 Å². The molecule has 0 aliphatic carbocycles. The maximum atomic E-state index is 11.7. The lowest BCUT2D eigenvalue weighted by atomic mass is 9.94. The van der Waals surface area contributed by atoms with Gasteiger partial charge in [-0.15, -0.1) is 36.2 Å². The van der Waals surface area contributed by atoms with E-state index in [0.717, 1.165) is 38.0 Å². The van der Waals surface area contributed by atoms with Gasteiger partial charge in [0.1, 0.15) is 0 Å². The van der Waals surface area contributed by atoms with Crippen LogP contribution in [-0.4, -0.2) is 30.5 Å².